The largest absolute Gasteiger partial charge is 0.456 e. The van der Waals surface area contributed by atoms with Gasteiger partial charge in [0.1, 0.15) is 128 Å². The van der Waals surface area contributed by atoms with Crippen molar-refractivity contribution >= 4 is 11.9 Å². The van der Waals surface area contributed by atoms with E-state index in [-0.39, 0.29) is 5.57 Å². The molecule has 0 spiro atoms. The van der Waals surface area contributed by atoms with Crippen LogP contribution < -0.4 is 0 Å². The van der Waals surface area contributed by atoms with Crippen molar-refractivity contribution in [1.82, 2.24) is 0 Å². The van der Waals surface area contributed by atoms with Gasteiger partial charge in [0.25, 0.3) is 0 Å². The predicted octanol–water partition coefficient (Wildman–Crippen LogP) is -8.40. The summed E-state index contributed by atoms with van der Waals surface area (Å²) < 4.78 is 95.0. The number of hydrogen-bond acceptors (Lipinski definition) is 34. The minimum atomic E-state index is -2.31. The van der Waals surface area contributed by atoms with Crippen LogP contribution in [0.2, 0.25) is 0 Å². The number of hydrogen-bond donors (Lipinski definition) is 16. The number of methoxy groups -OCH3 is 1. The Morgan fingerprint density at radius 2 is 0.747 bits per heavy atom. The van der Waals surface area contributed by atoms with Crippen LogP contribution in [0.5, 0.6) is 0 Å². The summed E-state index contributed by atoms with van der Waals surface area (Å²) in [7, 11) is 1.19. The van der Waals surface area contributed by atoms with Gasteiger partial charge >= 0.3 is 11.9 Å². The number of allylic oxidation sites excluding steroid dienone is 1. The molecule has 0 bridgehead atoms. The van der Waals surface area contributed by atoms with Gasteiger partial charge in [0, 0.05) is 12.7 Å². The van der Waals surface area contributed by atoms with Crippen molar-refractivity contribution < 1.29 is 167 Å². The highest BCUT2D eigenvalue weighted by molar-refractivity contribution is 5.87. The molecular formula is C53H88O34. The fourth-order valence-corrected chi connectivity index (χ4v) is 10.9. The number of carbonyl (C=O) groups excluding carboxylic acids is 2. The zero-order valence-electron chi connectivity index (χ0n) is 49.4. The van der Waals surface area contributed by atoms with Crippen molar-refractivity contribution in [2.75, 3.05) is 20.3 Å². The number of ether oxygens (including phenoxy) is 16. The van der Waals surface area contributed by atoms with Gasteiger partial charge in [-0.15, -0.1) is 0 Å². The summed E-state index contributed by atoms with van der Waals surface area (Å²) in [5.41, 5.74) is 0.0993. The number of aliphatic hydroxyl groups is 16. The molecule has 7 rings (SSSR count). The molecule has 87 heavy (non-hydrogen) atoms. The Kier molecular flexibility index (Phi) is 25.2. The van der Waals surface area contributed by atoms with Crippen LogP contribution in [0.25, 0.3) is 0 Å². The molecular weight excluding hydrogens is 1180 g/mol. The van der Waals surface area contributed by atoms with E-state index in [9.17, 15) is 91.3 Å². The molecule has 0 unspecified atom stereocenters. The van der Waals surface area contributed by atoms with E-state index in [1.807, 2.05) is 0 Å². The van der Waals surface area contributed by atoms with E-state index < -0.39 is 252 Å². The van der Waals surface area contributed by atoms with Crippen LogP contribution in [-0.2, 0) is 85.4 Å². The van der Waals surface area contributed by atoms with Crippen molar-refractivity contribution in [3.63, 3.8) is 0 Å². The van der Waals surface area contributed by atoms with Crippen LogP contribution in [0.4, 0.5) is 0 Å². The lowest BCUT2D eigenvalue weighted by Crippen LogP contribution is -2.69. The molecule has 0 aromatic rings. The van der Waals surface area contributed by atoms with Crippen molar-refractivity contribution in [3.8, 4) is 0 Å². The summed E-state index contributed by atoms with van der Waals surface area (Å²) in [5, 5.41) is 178. The van der Waals surface area contributed by atoms with E-state index in [4.69, 9.17) is 75.8 Å². The zero-order valence-corrected chi connectivity index (χ0v) is 49.4. The Bertz CT molecular complexity index is 2220. The minimum absolute atomic E-state index is 0.0993. The van der Waals surface area contributed by atoms with E-state index in [0.717, 1.165) is 0 Å². The molecule has 0 aliphatic carbocycles. The van der Waals surface area contributed by atoms with Gasteiger partial charge in [-0.1, -0.05) is 6.08 Å². The van der Waals surface area contributed by atoms with Gasteiger partial charge < -0.3 is 157 Å². The Labute approximate surface area is 499 Å². The molecule has 0 radical (unpaired) electrons. The maximum Gasteiger partial charge on any atom is 0.333 e. The normalized spacial score (nSPS) is 50.0. The molecule has 0 saturated carbocycles. The molecule has 7 heterocycles. The van der Waals surface area contributed by atoms with E-state index in [0.29, 0.717) is 0 Å². The topological polar surface area (TPSA) is 506 Å². The number of rotatable bonds is 20. The molecule has 16 N–H and O–H groups in total. The maximum absolute atomic E-state index is 13.2. The SMILES string of the molecule is C/C=C(\C)C(=O)O[C@H]1[C@H](O[C@@H]2O[C@@H](C)[C@H](O)[C@@H](O)[C@H]2O)[C@@H](O)[C@H](O[C@H]2[C@H](O[C@H]3[C@@H](O)[C@H](O[C@H]4[C@H](O[C@H]5[C@@H](OC)O[C@H](C)[C@H](O)[C@@H]5O)O[C@H](CO)[C@@H](O)[C@@H]4O)O[C@@H](C)[C@@H]3O[C@@H]3O[C@H](C)[C@@H](OC(=O)[C@H](C)[C@@H](C)O)[C@H](O)[C@H]3O)O[C@H](CO)[C@@H](O)[C@@H]2O)O[C@@H]1C. The molecule has 7 aliphatic rings. The first-order chi connectivity index (χ1) is 40.9. The lowest BCUT2D eigenvalue weighted by Gasteiger charge is -2.51. The van der Waals surface area contributed by atoms with Crippen molar-refractivity contribution in [1.29, 1.82) is 0 Å². The molecule has 7 saturated heterocycles. The molecule has 7 aliphatic heterocycles. The van der Waals surface area contributed by atoms with E-state index in [2.05, 4.69) is 0 Å². The molecule has 34 heteroatoms. The van der Waals surface area contributed by atoms with Gasteiger partial charge in [-0.05, 0) is 62.3 Å². The predicted molar refractivity (Wildman–Crippen MR) is 278 cm³/mol. The third-order valence-corrected chi connectivity index (χ3v) is 16.8. The van der Waals surface area contributed by atoms with E-state index >= 15 is 0 Å². The van der Waals surface area contributed by atoms with Crippen LogP contribution in [0.15, 0.2) is 11.6 Å². The second-order valence-corrected chi connectivity index (χ2v) is 23.0. The smallest absolute Gasteiger partial charge is 0.333 e. The van der Waals surface area contributed by atoms with Gasteiger partial charge in [0.05, 0.1) is 55.8 Å². The Balaban J connectivity index is 1.24. The molecule has 0 aromatic heterocycles. The van der Waals surface area contributed by atoms with E-state index in [1.165, 1.54) is 68.6 Å². The Morgan fingerprint density at radius 3 is 1.22 bits per heavy atom. The van der Waals surface area contributed by atoms with Crippen LogP contribution in [-0.4, -0.2) is 335 Å². The fourth-order valence-electron chi connectivity index (χ4n) is 10.9. The van der Waals surface area contributed by atoms with Crippen molar-refractivity contribution in [2.24, 2.45) is 5.92 Å². The molecule has 37 atom stereocenters. The fraction of sp³-hybridized carbons (Fsp3) is 0.925. The number of carbonyl (C=O) groups is 2. The number of aliphatic hydroxyl groups excluding tert-OH is 16. The lowest BCUT2D eigenvalue weighted by molar-refractivity contribution is -0.415. The molecule has 0 aromatic carbocycles. The first-order valence-corrected chi connectivity index (χ1v) is 28.7. The monoisotopic (exact) mass is 1270 g/mol. The molecule has 0 amide bonds. The molecule has 504 valence electrons. The highest BCUT2D eigenvalue weighted by atomic mass is 16.8. The third-order valence-electron chi connectivity index (χ3n) is 16.8. The second-order valence-electron chi connectivity index (χ2n) is 23.0. The van der Waals surface area contributed by atoms with Crippen LogP contribution >= 0.6 is 0 Å². The minimum Gasteiger partial charge on any atom is -0.456 e. The third kappa shape index (κ3) is 15.4. The van der Waals surface area contributed by atoms with Gasteiger partial charge in [0.2, 0.25) is 0 Å². The Hall–Kier alpha value is -2.52. The molecule has 34 nitrogen and oxygen atoms in total. The summed E-state index contributed by atoms with van der Waals surface area (Å²) >= 11 is 0. The van der Waals surface area contributed by atoms with Crippen molar-refractivity contribution in [3.05, 3.63) is 11.6 Å². The maximum atomic E-state index is 13.2. The van der Waals surface area contributed by atoms with Gasteiger partial charge in [-0.25, -0.2) is 4.79 Å². The van der Waals surface area contributed by atoms with Gasteiger partial charge in [-0.3, -0.25) is 4.79 Å². The molecule has 7 fully saturated rings. The summed E-state index contributed by atoms with van der Waals surface area (Å²) in [6.45, 7) is 10.5. The average molecular weight is 1270 g/mol. The highest BCUT2D eigenvalue weighted by Gasteiger charge is 2.60. The summed E-state index contributed by atoms with van der Waals surface area (Å²) in [4.78, 5) is 26.2. The average Bonchev–Trinajstić information content (AvgIpc) is 1.06. The summed E-state index contributed by atoms with van der Waals surface area (Å²) in [6, 6.07) is 0. The van der Waals surface area contributed by atoms with Crippen LogP contribution in [0.3, 0.4) is 0 Å². The second kappa shape index (κ2) is 30.5. The van der Waals surface area contributed by atoms with Crippen LogP contribution in [0, 0.1) is 5.92 Å². The van der Waals surface area contributed by atoms with E-state index in [1.54, 1.807) is 6.92 Å². The highest BCUT2D eigenvalue weighted by Crippen LogP contribution is 2.40. The van der Waals surface area contributed by atoms with Gasteiger partial charge in [0.15, 0.2) is 56.2 Å². The van der Waals surface area contributed by atoms with Gasteiger partial charge in [-0.2, -0.15) is 0 Å². The summed E-state index contributed by atoms with van der Waals surface area (Å²) in [6.07, 6.45) is -63.0. The lowest BCUT2D eigenvalue weighted by atomic mass is 9.95. The number of esters is 2. The van der Waals surface area contributed by atoms with Crippen molar-refractivity contribution in [2.45, 2.75) is 283 Å². The first-order valence-electron chi connectivity index (χ1n) is 28.7. The first kappa shape index (κ1) is 71.9. The summed E-state index contributed by atoms with van der Waals surface area (Å²) in [5.74, 6) is -2.96. The van der Waals surface area contributed by atoms with Crippen LogP contribution in [0.1, 0.15) is 62.3 Å². The Morgan fingerprint density at radius 1 is 0.402 bits per heavy atom. The quantitative estimate of drug-likeness (QED) is 0.0398. The zero-order chi connectivity index (χ0) is 64.5. The standard InChI is InChI=1S/C53H88O34/c1-11-14(2)45(70)81-38-20(8)76-49(35(68)40(38)83-47-33(66)28(61)24(57)17(5)73-47)85-43-30(63)26(59)22(12-54)78-52(43)84-41-36(69)50(77-21(9)39(41)82-48-34(67)32(65)37(19(7)75-48)80-46(71)15(3)16(4)56)86-44-31(64)27(60)23(13-55)79-53(44)87-42-29(62)25(58)18(6)74-51(42)72-10/h11,15-44,47-69H,12-13H2,1-10H3/b14-11+/t15-,16-,17+,18-,19-,20-,21+,22-,23-,24+,25+,26-,27-,28-,29+,30+,31+,32-,33-,34-,35-,36-,37-,38-,39+,40-,41+,42-,43-,44-,47+,48+,49+,50+,51+,52+,53+/m1/s1.